The van der Waals surface area contributed by atoms with Crippen LogP contribution < -0.4 is 0 Å². The van der Waals surface area contributed by atoms with E-state index >= 15 is 0 Å². The summed E-state index contributed by atoms with van der Waals surface area (Å²) in [5.74, 6) is -2.80. The van der Waals surface area contributed by atoms with Gasteiger partial charge in [-0.1, -0.05) is 17.2 Å². The number of carbonyl (C=O) groups is 3. The maximum atomic E-state index is 12.4. The monoisotopic (exact) mass is 353 g/mol. The number of carbonyl (C=O) groups excluding carboxylic acids is 3. The SMILES string of the molecule is Cc1nn(CC(F)(F)F)cc1C(=O)ON1C(=O)c2ccccc2C1=O. The van der Waals surface area contributed by atoms with Gasteiger partial charge in [0.1, 0.15) is 12.1 Å². The largest absolute Gasteiger partial charge is 0.408 e. The Morgan fingerprint density at radius 3 is 2.24 bits per heavy atom. The van der Waals surface area contributed by atoms with E-state index in [2.05, 4.69) is 5.10 Å². The van der Waals surface area contributed by atoms with Crippen LogP contribution in [0.15, 0.2) is 30.5 Å². The first kappa shape index (κ1) is 16.7. The number of hydroxylamine groups is 2. The molecule has 0 saturated heterocycles. The lowest BCUT2D eigenvalue weighted by Crippen LogP contribution is -2.32. The molecule has 25 heavy (non-hydrogen) atoms. The van der Waals surface area contributed by atoms with E-state index in [1.165, 1.54) is 19.1 Å². The Hall–Kier alpha value is -3.17. The van der Waals surface area contributed by atoms with E-state index in [-0.39, 0.29) is 27.4 Å². The molecular formula is C15H10F3N3O4. The Balaban J connectivity index is 1.80. The number of imide groups is 1. The highest BCUT2D eigenvalue weighted by molar-refractivity contribution is 6.21. The maximum Gasteiger partial charge on any atom is 0.408 e. The number of rotatable bonds is 3. The van der Waals surface area contributed by atoms with Crippen LogP contribution in [0.3, 0.4) is 0 Å². The quantitative estimate of drug-likeness (QED) is 0.790. The molecule has 0 fully saturated rings. The lowest BCUT2D eigenvalue weighted by molar-refractivity contribution is -0.142. The second-order valence-corrected chi connectivity index (χ2v) is 5.27. The highest BCUT2D eigenvalue weighted by Gasteiger charge is 2.39. The van der Waals surface area contributed by atoms with Crippen molar-refractivity contribution < 1.29 is 32.4 Å². The minimum absolute atomic E-state index is 0.0224. The molecule has 3 rings (SSSR count). The number of benzene rings is 1. The molecule has 0 radical (unpaired) electrons. The molecule has 1 aromatic carbocycles. The number of alkyl halides is 3. The van der Waals surface area contributed by atoms with E-state index in [1.54, 1.807) is 12.1 Å². The molecular weight excluding hydrogens is 343 g/mol. The number of hydrogen-bond donors (Lipinski definition) is 0. The van der Waals surface area contributed by atoms with Crippen molar-refractivity contribution in [2.45, 2.75) is 19.6 Å². The van der Waals surface area contributed by atoms with Crippen molar-refractivity contribution in [3.63, 3.8) is 0 Å². The Labute approximate surface area is 138 Å². The van der Waals surface area contributed by atoms with Crippen LogP contribution >= 0.6 is 0 Å². The van der Waals surface area contributed by atoms with Crippen molar-refractivity contribution in [3.8, 4) is 0 Å². The number of fused-ring (bicyclic) bond motifs is 1. The number of nitrogens with zero attached hydrogens (tertiary/aromatic N) is 3. The Kier molecular flexibility index (Phi) is 3.82. The highest BCUT2D eigenvalue weighted by Crippen LogP contribution is 2.24. The molecule has 1 aromatic heterocycles. The third-order valence-electron chi connectivity index (χ3n) is 3.44. The summed E-state index contributed by atoms with van der Waals surface area (Å²) in [5.41, 5.74) is -0.152. The second kappa shape index (κ2) is 5.72. The van der Waals surface area contributed by atoms with Gasteiger partial charge in [-0.2, -0.15) is 18.3 Å². The Bertz CT molecular complexity index is 853. The summed E-state index contributed by atoms with van der Waals surface area (Å²) in [4.78, 5) is 41.1. The van der Waals surface area contributed by atoms with E-state index < -0.39 is 30.5 Å². The van der Waals surface area contributed by atoms with Crippen molar-refractivity contribution in [1.82, 2.24) is 14.8 Å². The first-order valence-corrected chi connectivity index (χ1v) is 6.98. The van der Waals surface area contributed by atoms with Crippen LogP contribution in [0, 0.1) is 6.92 Å². The minimum atomic E-state index is -4.51. The number of aromatic nitrogens is 2. The molecule has 0 unspecified atom stereocenters. The topological polar surface area (TPSA) is 81.5 Å². The molecule has 0 N–H and O–H groups in total. The molecule has 0 atom stereocenters. The summed E-state index contributed by atoms with van der Waals surface area (Å²) in [5, 5.41) is 3.86. The summed E-state index contributed by atoms with van der Waals surface area (Å²) in [6.45, 7) is -0.0695. The molecule has 2 heterocycles. The highest BCUT2D eigenvalue weighted by atomic mass is 19.4. The predicted molar refractivity (Wildman–Crippen MR) is 75.4 cm³/mol. The van der Waals surface area contributed by atoms with E-state index in [4.69, 9.17) is 4.84 Å². The van der Waals surface area contributed by atoms with Crippen LogP contribution in [0.4, 0.5) is 13.2 Å². The van der Waals surface area contributed by atoms with Gasteiger partial charge in [0, 0.05) is 6.20 Å². The normalized spacial score (nSPS) is 14.0. The average Bonchev–Trinajstić information content (AvgIpc) is 2.99. The first-order chi connectivity index (χ1) is 11.7. The molecule has 0 saturated carbocycles. The minimum Gasteiger partial charge on any atom is -0.324 e. The van der Waals surface area contributed by atoms with Gasteiger partial charge in [-0.3, -0.25) is 14.3 Å². The van der Waals surface area contributed by atoms with Gasteiger partial charge in [-0.25, -0.2) is 4.79 Å². The number of aryl methyl sites for hydroxylation is 1. The fourth-order valence-electron chi connectivity index (χ4n) is 2.37. The third-order valence-corrected chi connectivity index (χ3v) is 3.44. The number of hydrogen-bond acceptors (Lipinski definition) is 5. The van der Waals surface area contributed by atoms with E-state index in [0.29, 0.717) is 4.68 Å². The fourth-order valence-corrected chi connectivity index (χ4v) is 2.37. The van der Waals surface area contributed by atoms with Crippen LogP contribution in [-0.2, 0) is 11.4 Å². The average molecular weight is 353 g/mol. The Morgan fingerprint density at radius 1 is 1.16 bits per heavy atom. The zero-order chi connectivity index (χ0) is 18.4. The summed E-state index contributed by atoms with van der Waals surface area (Å²) in [6.07, 6.45) is -3.66. The molecule has 130 valence electrons. The molecule has 0 aliphatic carbocycles. The van der Waals surface area contributed by atoms with E-state index in [1.807, 2.05) is 0 Å². The lowest BCUT2D eigenvalue weighted by Gasteiger charge is -2.12. The Morgan fingerprint density at radius 2 is 1.72 bits per heavy atom. The molecule has 2 amide bonds. The molecule has 1 aliphatic heterocycles. The van der Waals surface area contributed by atoms with Gasteiger partial charge in [-0.15, -0.1) is 0 Å². The van der Waals surface area contributed by atoms with Gasteiger partial charge in [0.15, 0.2) is 0 Å². The predicted octanol–water partition coefficient (Wildman–Crippen LogP) is 2.12. The maximum absolute atomic E-state index is 12.4. The molecule has 2 aromatic rings. The van der Waals surface area contributed by atoms with Crippen molar-refractivity contribution in [2.24, 2.45) is 0 Å². The molecule has 7 nitrogen and oxygen atoms in total. The molecule has 0 bridgehead atoms. The van der Waals surface area contributed by atoms with E-state index in [9.17, 15) is 27.6 Å². The number of halogens is 3. The molecule has 10 heteroatoms. The lowest BCUT2D eigenvalue weighted by atomic mass is 10.1. The van der Waals surface area contributed by atoms with Gasteiger partial charge in [0.2, 0.25) is 0 Å². The fraction of sp³-hybridized carbons (Fsp3) is 0.200. The van der Waals surface area contributed by atoms with Crippen LogP contribution in [-0.4, -0.2) is 38.8 Å². The second-order valence-electron chi connectivity index (χ2n) is 5.27. The summed E-state index contributed by atoms with van der Waals surface area (Å²) in [6, 6.07) is 5.88. The van der Waals surface area contributed by atoms with Crippen molar-refractivity contribution in [1.29, 1.82) is 0 Å². The molecule has 1 aliphatic rings. The van der Waals surface area contributed by atoms with Crippen LogP contribution in [0.2, 0.25) is 0 Å². The summed E-state index contributed by atoms with van der Waals surface area (Å²) >= 11 is 0. The summed E-state index contributed by atoms with van der Waals surface area (Å²) in [7, 11) is 0. The first-order valence-electron chi connectivity index (χ1n) is 6.98. The van der Waals surface area contributed by atoms with Gasteiger partial charge in [-0.05, 0) is 19.1 Å². The molecule has 0 spiro atoms. The van der Waals surface area contributed by atoms with Crippen molar-refractivity contribution in [3.05, 3.63) is 52.8 Å². The number of amides is 2. The van der Waals surface area contributed by atoms with E-state index in [0.717, 1.165) is 6.20 Å². The standard InChI is InChI=1S/C15H10F3N3O4/c1-8-11(6-20(19-8)7-15(16,17)18)14(24)25-21-12(22)9-4-2-3-5-10(9)13(21)23/h2-6H,7H2,1H3. The van der Waals surface area contributed by atoms with Crippen LogP contribution in [0.5, 0.6) is 0 Å². The van der Waals surface area contributed by atoms with Gasteiger partial charge >= 0.3 is 12.1 Å². The zero-order valence-corrected chi connectivity index (χ0v) is 12.7. The third kappa shape index (κ3) is 3.10. The smallest absolute Gasteiger partial charge is 0.324 e. The zero-order valence-electron chi connectivity index (χ0n) is 12.7. The summed E-state index contributed by atoms with van der Waals surface area (Å²) < 4.78 is 37.7. The van der Waals surface area contributed by atoms with Gasteiger partial charge < -0.3 is 4.84 Å². The van der Waals surface area contributed by atoms with Crippen molar-refractivity contribution in [2.75, 3.05) is 0 Å². The van der Waals surface area contributed by atoms with Crippen LogP contribution in [0.25, 0.3) is 0 Å². The van der Waals surface area contributed by atoms with Gasteiger partial charge in [0.25, 0.3) is 11.8 Å². The van der Waals surface area contributed by atoms with Gasteiger partial charge in [0.05, 0.1) is 16.8 Å². The van der Waals surface area contributed by atoms with Crippen LogP contribution in [0.1, 0.15) is 36.8 Å². The van der Waals surface area contributed by atoms with Crippen molar-refractivity contribution >= 4 is 17.8 Å².